The number of nitrogens with one attached hydrogen (secondary N) is 1. The van der Waals surface area contributed by atoms with Gasteiger partial charge in [0.1, 0.15) is 10.7 Å². The first-order valence-corrected chi connectivity index (χ1v) is 8.47. The number of hydrogen-bond acceptors (Lipinski definition) is 4. The Bertz CT molecular complexity index is 561. The van der Waals surface area contributed by atoms with Gasteiger partial charge in [0, 0.05) is 18.3 Å². The third-order valence-electron chi connectivity index (χ3n) is 3.36. The summed E-state index contributed by atoms with van der Waals surface area (Å²) in [5.41, 5.74) is 5.72. The molecule has 0 radical (unpaired) electrons. The average Bonchev–Trinajstić information content (AvgIpc) is 2.40. The number of halogens is 1. The van der Waals surface area contributed by atoms with Crippen molar-refractivity contribution in [3.8, 4) is 0 Å². The molecule has 5 nitrogen and oxygen atoms in total. The molecule has 0 spiro atoms. The van der Waals surface area contributed by atoms with E-state index in [1.54, 1.807) is 0 Å². The molecule has 0 saturated heterocycles. The molecule has 0 aliphatic heterocycles. The summed E-state index contributed by atoms with van der Waals surface area (Å²) in [5.74, 6) is -0.795. The summed E-state index contributed by atoms with van der Waals surface area (Å²) in [7, 11) is -1.82. The maximum atomic E-state index is 13.6. The highest BCUT2D eigenvalue weighted by Gasteiger charge is 2.18. The first kappa shape index (κ1) is 17.9. The van der Waals surface area contributed by atoms with Crippen molar-refractivity contribution in [2.24, 2.45) is 0 Å². The van der Waals surface area contributed by atoms with E-state index in [4.69, 9.17) is 5.73 Å². The molecule has 1 aromatic rings. The topological polar surface area (TPSA) is 75.4 Å². The van der Waals surface area contributed by atoms with E-state index in [0.717, 1.165) is 25.1 Å². The van der Waals surface area contributed by atoms with Gasteiger partial charge in [0.2, 0.25) is 10.0 Å². The van der Waals surface area contributed by atoms with Crippen LogP contribution in [-0.4, -0.2) is 39.5 Å². The van der Waals surface area contributed by atoms with Gasteiger partial charge < -0.3 is 10.6 Å². The smallest absolute Gasteiger partial charge is 0.243 e. The van der Waals surface area contributed by atoms with Crippen LogP contribution in [0, 0.1) is 5.82 Å². The molecule has 0 heterocycles. The van der Waals surface area contributed by atoms with Gasteiger partial charge in [-0.25, -0.2) is 17.5 Å². The van der Waals surface area contributed by atoms with Crippen molar-refractivity contribution >= 4 is 15.7 Å². The molecule has 1 aromatic carbocycles. The molecule has 21 heavy (non-hydrogen) atoms. The van der Waals surface area contributed by atoms with E-state index in [1.165, 1.54) is 6.07 Å². The first-order chi connectivity index (χ1) is 9.74. The Labute approximate surface area is 126 Å². The van der Waals surface area contributed by atoms with Crippen LogP contribution in [0.3, 0.4) is 0 Å². The Hall–Kier alpha value is -1.18. The highest BCUT2D eigenvalue weighted by Crippen LogP contribution is 2.17. The molecule has 0 bridgehead atoms. The van der Waals surface area contributed by atoms with Gasteiger partial charge in [0.15, 0.2) is 0 Å². The fraction of sp³-hybridized carbons (Fsp3) is 0.571. The molecule has 0 atom stereocenters. The highest BCUT2D eigenvalue weighted by atomic mass is 32.2. The summed E-state index contributed by atoms with van der Waals surface area (Å²) in [6.45, 7) is 5.38. The first-order valence-electron chi connectivity index (χ1n) is 6.99. The van der Waals surface area contributed by atoms with Crippen molar-refractivity contribution in [1.29, 1.82) is 0 Å². The van der Waals surface area contributed by atoms with E-state index in [-0.39, 0.29) is 12.2 Å². The van der Waals surface area contributed by atoms with Crippen molar-refractivity contribution in [2.75, 3.05) is 25.9 Å². The lowest BCUT2D eigenvalue weighted by Crippen LogP contribution is -2.29. The second-order valence-corrected chi connectivity index (χ2v) is 7.10. The van der Waals surface area contributed by atoms with Crippen LogP contribution in [0.1, 0.15) is 26.7 Å². The summed E-state index contributed by atoms with van der Waals surface area (Å²) in [6.07, 6.45) is 1.57. The predicted molar refractivity (Wildman–Crippen MR) is 83.0 cm³/mol. The minimum atomic E-state index is -3.85. The van der Waals surface area contributed by atoms with Crippen LogP contribution >= 0.6 is 0 Å². The molecular formula is C14H24FN3O2S. The number of nitrogen functional groups attached to an aromatic ring is 1. The van der Waals surface area contributed by atoms with Crippen molar-refractivity contribution in [1.82, 2.24) is 9.62 Å². The standard InChI is InChI=1S/C14H24FN3O2S/c1-11(2)18(3)9-5-4-8-17-21(19,20)14-10-12(16)6-7-13(14)15/h6-7,10-11,17H,4-5,8-9,16H2,1-3H3. The van der Waals surface area contributed by atoms with Gasteiger partial charge in [-0.1, -0.05) is 0 Å². The lowest BCUT2D eigenvalue weighted by Gasteiger charge is -2.20. The van der Waals surface area contributed by atoms with Gasteiger partial charge in [-0.15, -0.1) is 0 Å². The third kappa shape index (κ3) is 5.61. The minimum absolute atomic E-state index is 0.218. The van der Waals surface area contributed by atoms with Crippen LogP contribution in [0.25, 0.3) is 0 Å². The molecule has 0 fully saturated rings. The van der Waals surface area contributed by atoms with Gasteiger partial charge in [-0.05, 0) is 58.5 Å². The maximum absolute atomic E-state index is 13.6. The summed E-state index contributed by atoms with van der Waals surface area (Å²) in [6, 6.07) is 3.98. The van der Waals surface area contributed by atoms with Gasteiger partial charge in [-0.3, -0.25) is 0 Å². The molecule has 1 rings (SSSR count). The Kier molecular flexibility index (Phi) is 6.57. The molecular weight excluding hydrogens is 293 g/mol. The molecule has 0 aromatic heterocycles. The number of rotatable bonds is 8. The van der Waals surface area contributed by atoms with Crippen LogP contribution in [0.15, 0.2) is 23.1 Å². The quantitative estimate of drug-likeness (QED) is 0.566. The SMILES string of the molecule is CC(C)N(C)CCCCNS(=O)(=O)c1cc(N)ccc1F. The molecule has 0 unspecified atom stereocenters. The van der Waals surface area contributed by atoms with Gasteiger partial charge >= 0.3 is 0 Å². The average molecular weight is 317 g/mol. The number of nitrogens with two attached hydrogens (primary N) is 1. The Morgan fingerprint density at radius 1 is 1.33 bits per heavy atom. The van der Waals surface area contributed by atoms with Crippen LogP contribution in [0.2, 0.25) is 0 Å². The van der Waals surface area contributed by atoms with Crippen molar-refractivity contribution in [2.45, 2.75) is 37.6 Å². The van der Waals surface area contributed by atoms with Crippen LogP contribution in [0.5, 0.6) is 0 Å². The second-order valence-electron chi connectivity index (χ2n) is 5.37. The van der Waals surface area contributed by atoms with E-state index in [2.05, 4.69) is 23.5 Å². The van der Waals surface area contributed by atoms with E-state index >= 15 is 0 Å². The zero-order valence-electron chi connectivity index (χ0n) is 12.8. The normalized spacial score (nSPS) is 12.3. The molecule has 7 heteroatoms. The number of anilines is 1. The summed E-state index contributed by atoms with van der Waals surface area (Å²) in [4.78, 5) is 1.79. The van der Waals surface area contributed by atoms with E-state index in [1.807, 2.05) is 7.05 Å². The number of sulfonamides is 1. The van der Waals surface area contributed by atoms with Gasteiger partial charge in [0.05, 0.1) is 0 Å². The third-order valence-corrected chi connectivity index (χ3v) is 4.83. The molecule has 0 aliphatic rings. The largest absolute Gasteiger partial charge is 0.399 e. The molecule has 3 N–H and O–H groups in total. The zero-order chi connectivity index (χ0) is 16.0. The molecule has 0 saturated carbocycles. The lowest BCUT2D eigenvalue weighted by molar-refractivity contribution is 0.268. The number of benzene rings is 1. The molecule has 0 amide bonds. The number of hydrogen-bond donors (Lipinski definition) is 2. The lowest BCUT2D eigenvalue weighted by atomic mass is 10.2. The zero-order valence-corrected chi connectivity index (χ0v) is 13.6. The van der Waals surface area contributed by atoms with Crippen molar-refractivity contribution < 1.29 is 12.8 Å². The van der Waals surface area contributed by atoms with Crippen LogP contribution in [0.4, 0.5) is 10.1 Å². The Morgan fingerprint density at radius 3 is 2.62 bits per heavy atom. The van der Waals surface area contributed by atoms with Crippen molar-refractivity contribution in [3.63, 3.8) is 0 Å². The van der Waals surface area contributed by atoms with Crippen LogP contribution < -0.4 is 10.5 Å². The van der Waals surface area contributed by atoms with E-state index in [9.17, 15) is 12.8 Å². The second kappa shape index (κ2) is 7.72. The van der Waals surface area contributed by atoms with Crippen molar-refractivity contribution in [3.05, 3.63) is 24.0 Å². The summed E-state index contributed by atoms with van der Waals surface area (Å²) < 4.78 is 39.9. The summed E-state index contributed by atoms with van der Waals surface area (Å²) in [5, 5.41) is 0. The van der Waals surface area contributed by atoms with Crippen LogP contribution in [-0.2, 0) is 10.0 Å². The van der Waals surface area contributed by atoms with E-state index in [0.29, 0.717) is 12.5 Å². The van der Waals surface area contributed by atoms with E-state index < -0.39 is 20.7 Å². The molecule has 120 valence electrons. The highest BCUT2D eigenvalue weighted by molar-refractivity contribution is 7.89. The summed E-state index contributed by atoms with van der Waals surface area (Å²) >= 11 is 0. The Balaban J connectivity index is 2.49. The fourth-order valence-electron chi connectivity index (χ4n) is 1.75. The molecule has 0 aliphatic carbocycles. The Morgan fingerprint density at radius 2 is 2.00 bits per heavy atom. The maximum Gasteiger partial charge on any atom is 0.243 e. The number of unbranched alkanes of at least 4 members (excludes halogenated alkanes) is 1. The van der Waals surface area contributed by atoms with Gasteiger partial charge in [0.25, 0.3) is 0 Å². The monoisotopic (exact) mass is 317 g/mol. The predicted octanol–water partition coefficient (Wildman–Crippen LogP) is 1.81. The fourth-order valence-corrected chi connectivity index (χ4v) is 2.94. The van der Waals surface area contributed by atoms with Gasteiger partial charge in [-0.2, -0.15) is 0 Å². The number of nitrogens with zero attached hydrogens (tertiary/aromatic N) is 1. The minimum Gasteiger partial charge on any atom is -0.399 e.